The van der Waals surface area contributed by atoms with Crippen LogP contribution in [-0.4, -0.2) is 19.7 Å². The lowest BCUT2D eigenvalue weighted by atomic mass is 10.0. The zero-order valence-electron chi connectivity index (χ0n) is 12.1. The molecule has 4 heteroatoms. The van der Waals surface area contributed by atoms with E-state index >= 15 is 0 Å². The largest absolute Gasteiger partial charge is 0.346 e. The third-order valence-corrected chi connectivity index (χ3v) is 4.17. The van der Waals surface area contributed by atoms with Crippen molar-refractivity contribution in [2.45, 2.75) is 25.7 Å². The Hall–Kier alpha value is -2.36. The van der Waals surface area contributed by atoms with Gasteiger partial charge in [0.2, 0.25) is 0 Å². The number of H-pyrrole nitrogens is 1. The van der Waals surface area contributed by atoms with Crippen molar-refractivity contribution in [3.63, 3.8) is 0 Å². The van der Waals surface area contributed by atoms with E-state index in [0.717, 1.165) is 17.6 Å². The predicted molar refractivity (Wildman–Crippen MR) is 83.9 cm³/mol. The molecule has 3 aromatic rings. The number of hydrogen-bond acceptors (Lipinski definition) is 2. The molecule has 1 N–H and O–H groups in total. The van der Waals surface area contributed by atoms with Crippen molar-refractivity contribution in [2.75, 3.05) is 0 Å². The van der Waals surface area contributed by atoms with Crippen LogP contribution in [0.1, 0.15) is 24.8 Å². The van der Waals surface area contributed by atoms with Gasteiger partial charge in [0.25, 0.3) is 0 Å². The standard InChI is InChI=1S/C17H18N4/c1-21-11-14(9-20-21)16-10-19-17-15(16)7-13(8-18-17)6-12-4-2-3-5-12/h4,7-11H,2-3,5-6H2,1H3,(H,18,19). The van der Waals surface area contributed by atoms with Crippen LogP contribution in [0.5, 0.6) is 0 Å². The quantitative estimate of drug-likeness (QED) is 0.744. The number of pyridine rings is 1. The molecule has 106 valence electrons. The second-order valence-electron chi connectivity index (χ2n) is 5.78. The number of allylic oxidation sites excluding steroid dienone is 2. The first kappa shape index (κ1) is 12.4. The van der Waals surface area contributed by atoms with E-state index in [1.54, 1.807) is 5.57 Å². The molecule has 0 saturated heterocycles. The molecule has 3 aromatic heterocycles. The summed E-state index contributed by atoms with van der Waals surface area (Å²) in [5.74, 6) is 0. The molecule has 0 bridgehead atoms. The molecular weight excluding hydrogens is 260 g/mol. The number of nitrogens with zero attached hydrogens (tertiary/aromatic N) is 3. The number of aryl methyl sites for hydroxylation is 1. The summed E-state index contributed by atoms with van der Waals surface area (Å²) in [5, 5.41) is 5.44. The SMILES string of the molecule is Cn1cc(-c2c[nH]c3ncc(CC4=CCCC4)cc23)cn1. The number of nitrogens with one attached hydrogen (secondary N) is 1. The van der Waals surface area contributed by atoms with Gasteiger partial charge in [-0.05, 0) is 37.3 Å². The lowest BCUT2D eigenvalue weighted by Crippen LogP contribution is -1.90. The van der Waals surface area contributed by atoms with Gasteiger partial charge in [-0.25, -0.2) is 4.98 Å². The Bertz CT molecular complexity index is 822. The maximum absolute atomic E-state index is 4.57. The summed E-state index contributed by atoms with van der Waals surface area (Å²) >= 11 is 0. The Morgan fingerprint density at radius 2 is 2.29 bits per heavy atom. The molecule has 4 rings (SSSR count). The molecule has 0 unspecified atom stereocenters. The van der Waals surface area contributed by atoms with Gasteiger partial charge in [0, 0.05) is 42.2 Å². The van der Waals surface area contributed by atoms with Crippen LogP contribution < -0.4 is 0 Å². The summed E-state index contributed by atoms with van der Waals surface area (Å²) in [5.41, 5.74) is 6.09. The van der Waals surface area contributed by atoms with Crippen LogP contribution in [0.3, 0.4) is 0 Å². The first-order chi connectivity index (χ1) is 10.3. The Balaban J connectivity index is 1.75. The van der Waals surface area contributed by atoms with Gasteiger partial charge in [-0.3, -0.25) is 4.68 Å². The molecule has 0 spiro atoms. The first-order valence-corrected chi connectivity index (χ1v) is 7.42. The van der Waals surface area contributed by atoms with E-state index in [1.165, 1.54) is 35.8 Å². The van der Waals surface area contributed by atoms with Crippen molar-refractivity contribution in [3.05, 3.63) is 48.1 Å². The average molecular weight is 278 g/mol. The third kappa shape index (κ3) is 2.27. The zero-order chi connectivity index (χ0) is 14.2. The van der Waals surface area contributed by atoms with Crippen LogP contribution in [0.15, 0.2) is 42.5 Å². The summed E-state index contributed by atoms with van der Waals surface area (Å²) in [6.07, 6.45) is 15.1. The molecule has 0 amide bonds. The van der Waals surface area contributed by atoms with Gasteiger partial charge in [-0.15, -0.1) is 0 Å². The van der Waals surface area contributed by atoms with Crippen LogP contribution in [0.25, 0.3) is 22.2 Å². The van der Waals surface area contributed by atoms with E-state index < -0.39 is 0 Å². The van der Waals surface area contributed by atoms with Crippen molar-refractivity contribution >= 4 is 11.0 Å². The maximum Gasteiger partial charge on any atom is 0.137 e. The monoisotopic (exact) mass is 278 g/mol. The minimum atomic E-state index is 0.943. The Kier molecular flexibility index (Phi) is 2.88. The highest BCUT2D eigenvalue weighted by Gasteiger charge is 2.11. The summed E-state index contributed by atoms with van der Waals surface area (Å²) in [4.78, 5) is 7.82. The molecule has 4 nitrogen and oxygen atoms in total. The van der Waals surface area contributed by atoms with E-state index in [1.807, 2.05) is 36.5 Å². The topological polar surface area (TPSA) is 46.5 Å². The minimum Gasteiger partial charge on any atom is -0.346 e. The third-order valence-electron chi connectivity index (χ3n) is 4.17. The molecule has 1 aliphatic carbocycles. The molecule has 0 saturated carbocycles. The Labute approximate surface area is 123 Å². The number of hydrogen-bond donors (Lipinski definition) is 1. The fourth-order valence-corrected chi connectivity index (χ4v) is 3.10. The summed E-state index contributed by atoms with van der Waals surface area (Å²) in [6, 6.07) is 2.26. The first-order valence-electron chi connectivity index (χ1n) is 7.42. The van der Waals surface area contributed by atoms with E-state index in [0.29, 0.717) is 0 Å². The molecule has 1 aliphatic rings. The minimum absolute atomic E-state index is 0.943. The predicted octanol–water partition coefficient (Wildman–Crippen LogP) is 3.62. The number of aromatic nitrogens is 4. The van der Waals surface area contributed by atoms with Crippen molar-refractivity contribution in [3.8, 4) is 11.1 Å². The molecule has 0 aromatic carbocycles. The Morgan fingerprint density at radius 3 is 3.05 bits per heavy atom. The molecule has 3 heterocycles. The molecule has 21 heavy (non-hydrogen) atoms. The van der Waals surface area contributed by atoms with Crippen LogP contribution in [0, 0.1) is 0 Å². The van der Waals surface area contributed by atoms with Crippen molar-refractivity contribution < 1.29 is 0 Å². The highest BCUT2D eigenvalue weighted by Crippen LogP contribution is 2.29. The van der Waals surface area contributed by atoms with Crippen LogP contribution in [0.2, 0.25) is 0 Å². The van der Waals surface area contributed by atoms with Crippen molar-refractivity contribution in [1.29, 1.82) is 0 Å². The lowest BCUT2D eigenvalue weighted by Gasteiger charge is -2.03. The average Bonchev–Trinajstić information content (AvgIpc) is 3.19. The molecule has 0 aliphatic heterocycles. The van der Waals surface area contributed by atoms with E-state index in [4.69, 9.17) is 0 Å². The second kappa shape index (κ2) is 4.88. The number of rotatable bonds is 3. The molecule has 0 fully saturated rings. The Morgan fingerprint density at radius 1 is 1.33 bits per heavy atom. The van der Waals surface area contributed by atoms with Gasteiger partial charge >= 0.3 is 0 Å². The summed E-state index contributed by atoms with van der Waals surface area (Å²) < 4.78 is 1.83. The van der Waals surface area contributed by atoms with E-state index in [-0.39, 0.29) is 0 Å². The van der Waals surface area contributed by atoms with E-state index in [9.17, 15) is 0 Å². The van der Waals surface area contributed by atoms with Gasteiger partial charge in [-0.1, -0.05) is 11.6 Å². The maximum atomic E-state index is 4.57. The molecular formula is C17H18N4. The smallest absolute Gasteiger partial charge is 0.137 e. The van der Waals surface area contributed by atoms with Crippen LogP contribution >= 0.6 is 0 Å². The van der Waals surface area contributed by atoms with Crippen LogP contribution in [-0.2, 0) is 13.5 Å². The van der Waals surface area contributed by atoms with Gasteiger partial charge in [-0.2, -0.15) is 5.10 Å². The summed E-state index contributed by atoms with van der Waals surface area (Å²) in [7, 11) is 1.94. The number of aromatic amines is 1. The normalized spacial score (nSPS) is 14.8. The number of fused-ring (bicyclic) bond motifs is 1. The summed E-state index contributed by atoms with van der Waals surface area (Å²) in [6.45, 7) is 0. The molecule has 0 radical (unpaired) electrons. The fourth-order valence-electron chi connectivity index (χ4n) is 3.10. The second-order valence-corrected chi connectivity index (χ2v) is 5.78. The van der Waals surface area contributed by atoms with E-state index in [2.05, 4.69) is 27.2 Å². The highest BCUT2D eigenvalue weighted by atomic mass is 15.2. The van der Waals surface area contributed by atoms with Crippen molar-refractivity contribution in [2.24, 2.45) is 7.05 Å². The lowest BCUT2D eigenvalue weighted by molar-refractivity contribution is 0.768. The highest BCUT2D eigenvalue weighted by molar-refractivity contribution is 5.93. The van der Waals surface area contributed by atoms with Gasteiger partial charge in [0.15, 0.2) is 0 Å². The van der Waals surface area contributed by atoms with Gasteiger partial charge in [0.05, 0.1) is 6.20 Å². The van der Waals surface area contributed by atoms with Crippen molar-refractivity contribution in [1.82, 2.24) is 19.7 Å². The fraction of sp³-hybridized carbons (Fsp3) is 0.294. The van der Waals surface area contributed by atoms with Gasteiger partial charge < -0.3 is 4.98 Å². The molecule has 0 atom stereocenters. The zero-order valence-corrected chi connectivity index (χ0v) is 12.1. The van der Waals surface area contributed by atoms with Gasteiger partial charge in [0.1, 0.15) is 5.65 Å². The van der Waals surface area contributed by atoms with Crippen LogP contribution in [0.4, 0.5) is 0 Å².